The number of nitrogens with zero attached hydrogens (tertiary/aromatic N) is 3. The Balaban J connectivity index is 0.000000124. The van der Waals surface area contributed by atoms with E-state index < -0.39 is 0 Å². The topological polar surface area (TPSA) is 54.5 Å². The van der Waals surface area contributed by atoms with Crippen molar-refractivity contribution in [3.8, 4) is 11.4 Å². The van der Waals surface area contributed by atoms with Crippen molar-refractivity contribution < 1.29 is 0 Å². The van der Waals surface area contributed by atoms with E-state index in [1.54, 1.807) is 31.1 Å². The molecule has 1 N–H and O–H groups in total. The van der Waals surface area contributed by atoms with Gasteiger partial charge in [-0.05, 0) is 18.2 Å². The van der Waals surface area contributed by atoms with Crippen molar-refractivity contribution in [1.82, 2.24) is 19.9 Å². The van der Waals surface area contributed by atoms with Crippen molar-refractivity contribution in [2.75, 3.05) is 0 Å². The Labute approximate surface area is 87.4 Å². The molecule has 4 heteroatoms. The molecule has 0 aliphatic carbocycles. The smallest absolute Gasteiger partial charge is 0.105 e. The molecule has 0 unspecified atom stereocenters. The predicted molar refractivity (Wildman–Crippen MR) is 57.2 cm³/mol. The average molecular weight is 198 g/mol. The minimum atomic E-state index is 0.914. The standard InChI is InChI=1S/C6H5N3.C5H5N/c1-2-8-6-3-7-4-9-5(1)6;1-2-4-6-5-3-1/h1-4H,(H,7,9);1-5H. The highest BCUT2D eigenvalue weighted by molar-refractivity contribution is 5.53. The van der Waals surface area contributed by atoms with Crippen LogP contribution in [0.1, 0.15) is 0 Å². The fourth-order valence-corrected chi connectivity index (χ4v) is 1.10. The van der Waals surface area contributed by atoms with Crippen LogP contribution in [0.15, 0.2) is 55.4 Å². The van der Waals surface area contributed by atoms with Crippen molar-refractivity contribution in [3.05, 3.63) is 55.4 Å². The molecule has 74 valence electrons. The molecule has 1 aromatic rings. The number of hydrogen-bond acceptors (Lipinski definition) is 3. The van der Waals surface area contributed by atoms with Gasteiger partial charge in [-0.2, -0.15) is 0 Å². The maximum absolute atomic E-state index is 4.02. The van der Waals surface area contributed by atoms with Crippen LogP contribution < -0.4 is 0 Å². The van der Waals surface area contributed by atoms with Crippen LogP contribution in [0.25, 0.3) is 11.4 Å². The molecule has 0 saturated heterocycles. The van der Waals surface area contributed by atoms with Crippen molar-refractivity contribution in [2.24, 2.45) is 0 Å². The molecule has 0 saturated carbocycles. The number of hydrogen-bond donors (Lipinski definition) is 1. The van der Waals surface area contributed by atoms with Crippen molar-refractivity contribution in [2.45, 2.75) is 0 Å². The summed E-state index contributed by atoms with van der Waals surface area (Å²) in [5, 5.41) is 0. The van der Waals surface area contributed by atoms with E-state index >= 15 is 0 Å². The molecule has 3 rings (SSSR count). The zero-order valence-corrected chi connectivity index (χ0v) is 8.04. The van der Waals surface area contributed by atoms with Gasteiger partial charge in [0.15, 0.2) is 0 Å². The summed E-state index contributed by atoms with van der Waals surface area (Å²) >= 11 is 0. The zero-order chi connectivity index (χ0) is 10.3. The van der Waals surface area contributed by atoms with Gasteiger partial charge in [-0.3, -0.25) is 9.97 Å². The molecule has 2 aliphatic rings. The molecular weight excluding hydrogens is 188 g/mol. The van der Waals surface area contributed by atoms with E-state index in [2.05, 4.69) is 19.9 Å². The normalized spacial score (nSPS) is 9.33. The first-order valence-electron chi connectivity index (χ1n) is 4.55. The fourth-order valence-electron chi connectivity index (χ4n) is 1.10. The average Bonchev–Trinajstić information content (AvgIpc) is 2.80. The molecule has 4 nitrogen and oxygen atoms in total. The number of fused-ring (bicyclic) bond motifs is 1. The summed E-state index contributed by atoms with van der Waals surface area (Å²) in [6.45, 7) is 0. The van der Waals surface area contributed by atoms with Crippen molar-refractivity contribution in [3.63, 3.8) is 0 Å². The lowest BCUT2D eigenvalue weighted by Crippen LogP contribution is -1.81. The molecule has 3 heterocycles. The Morgan fingerprint density at radius 2 is 1.80 bits per heavy atom. The molecule has 0 spiro atoms. The molecule has 0 bridgehead atoms. The Bertz CT molecular complexity index is 409. The zero-order valence-electron chi connectivity index (χ0n) is 8.04. The lowest BCUT2D eigenvalue weighted by molar-refractivity contribution is 1.15. The molecule has 0 aromatic carbocycles. The van der Waals surface area contributed by atoms with Gasteiger partial charge in [0.1, 0.15) is 5.69 Å². The second-order valence-electron chi connectivity index (χ2n) is 2.82. The number of nitrogens with one attached hydrogen (secondary N) is 1. The molecule has 0 fully saturated rings. The molecular formula is C11H10N4. The third-order valence-corrected chi connectivity index (χ3v) is 1.79. The highest BCUT2D eigenvalue weighted by Crippen LogP contribution is 2.12. The second kappa shape index (κ2) is 4.85. The van der Waals surface area contributed by atoms with Crippen LogP contribution in [0.2, 0.25) is 0 Å². The second-order valence-corrected chi connectivity index (χ2v) is 2.82. The molecule has 2 aliphatic heterocycles. The molecule has 1 aromatic heterocycles. The van der Waals surface area contributed by atoms with Gasteiger partial charge in [0.2, 0.25) is 0 Å². The van der Waals surface area contributed by atoms with E-state index in [9.17, 15) is 0 Å². The molecule has 0 atom stereocenters. The Kier molecular flexibility index (Phi) is 3.02. The minimum absolute atomic E-state index is 0.914. The highest BCUT2D eigenvalue weighted by Gasteiger charge is 1.98. The summed E-state index contributed by atoms with van der Waals surface area (Å²) in [6.07, 6.45) is 8.62. The Hall–Kier alpha value is -2.23. The fraction of sp³-hybridized carbons (Fsp3) is 0. The van der Waals surface area contributed by atoms with Gasteiger partial charge in [-0.1, -0.05) is 6.07 Å². The van der Waals surface area contributed by atoms with Crippen LogP contribution in [0.3, 0.4) is 0 Å². The van der Waals surface area contributed by atoms with Gasteiger partial charge >= 0.3 is 0 Å². The van der Waals surface area contributed by atoms with Gasteiger partial charge in [-0.25, -0.2) is 4.98 Å². The van der Waals surface area contributed by atoms with Crippen LogP contribution in [-0.2, 0) is 0 Å². The van der Waals surface area contributed by atoms with E-state index in [-0.39, 0.29) is 0 Å². The van der Waals surface area contributed by atoms with E-state index in [4.69, 9.17) is 0 Å². The van der Waals surface area contributed by atoms with Crippen LogP contribution in [0.4, 0.5) is 0 Å². The largest absolute Gasteiger partial charge is 0.345 e. The predicted octanol–water partition coefficient (Wildman–Crippen LogP) is 1.99. The molecule has 15 heavy (non-hydrogen) atoms. The number of aromatic nitrogens is 4. The Morgan fingerprint density at radius 1 is 0.933 bits per heavy atom. The van der Waals surface area contributed by atoms with E-state index in [1.807, 2.05) is 24.3 Å². The first-order chi connectivity index (χ1) is 7.47. The van der Waals surface area contributed by atoms with Crippen LogP contribution in [0.5, 0.6) is 0 Å². The number of H-pyrrole nitrogens is 1. The maximum Gasteiger partial charge on any atom is 0.105 e. The third-order valence-electron chi connectivity index (χ3n) is 1.79. The van der Waals surface area contributed by atoms with Crippen LogP contribution >= 0.6 is 0 Å². The maximum atomic E-state index is 4.02. The quantitative estimate of drug-likeness (QED) is 0.601. The van der Waals surface area contributed by atoms with Gasteiger partial charge in [0.05, 0.1) is 18.2 Å². The van der Waals surface area contributed by atoms with Gasteiger partial charge in [0.25, 0.3) is 0 Å². The summed E-state index contributed by atoms with van der Waals surface area (Å²) in [5.41, 5.74) is 1.95. The minimum Gasteiger partial charge on any atom is -0.345 e. The van der Waals surface area contributed by atoms with E-state index in [0.29, 0.717) is 0 Å². The summed E-state index contributed by atoms with van der Waals surface area (Å²) in [7, 11) is 0. The lowest BCUT2D eigenvalue weighted by atomic mass is 10.3. The summed E-state index contributed by atoms with van der Waals surface area (Å²) < 4.78 is 0. The van der Waals surface area contributed by atoms with Crippen molar-refractivity contribution >= 4 is 0 Å². The Morgan fingerprint density at radius 3 is 2.40 bits per heavy atom. The first kappa shape index (κ1) is 9.33. The summed E-state index contributed by atoms with van der Waals surface area (Å²) in [4.78, 5) is 14.6. The van der Waals surface area contributed by atoms with Crippen LogP contribution in [0, 0.1) is 0 Å². The van der Waals surface area contributed by atoms with Gasteiger partial charge < -0.3 is 4.98 Å². The first-order valence-corrected chi connectivity index (χ1v) is 4.55. The lowest BCUT2D eigenvalue weighted by Gasteiger charge is -1.91. The SMILES string of the molecule is c1cc2[nH]cncc-2n1.c1ccncc1. The summed E-state index contributed by atoms with van der Waals surface area (Å²) in [6, 6.07) is 7.63. The van der Waals surface area contributed by atoms with Gasteiger partial charge in [0, 0.05) is 18.6 Å². The monoisotopic (exact) mass is 198 g/mol. The molecule has 0 radical (unpaired) electrons. The van der Waals surface area contributed by atoms with Crippen molar-refractivity contribution in [1.29, 1.82) is 0 Å². The summed E-state index contributed by atoms with van der Waals surface area (Å²) in [5.74, 6) is 0. The third kappa shape index (κ3) is 2.60. The number of pyridine rings is 1. The number of aromatic amines is 1. The molecule has 0 amide bonds. The van der Waals surface area contributed by atoms with Crippen LogP contribution in [-0.4, -0.2) is 19.9 Å². The number of rotatable bonds is 0. The van der Waals surface area contributed by atoms with E-state index in [1.165, 1.54) is 0 Å². The van der Waals surface area contributed by atoms with E-state index in [0.717, 1.165) is 11.4 Å². The van der Waals surface area contributed by atoms with Gasteiger partial charge in [-0.15, -0.1) is 0 Å². The highest BCUT2D eigenvalue weighted by atomic mass is 14.9.